The lowest BCUT2D eigenvalue weighted by atomic mass is 10.2. The van der Waals surface area contributed by atoms with Crippen molar-refractivity contribution in [3.63, 3.8) is 0 Å². The van der Waals surface area contributed by atoms with Crippen molar-refractivity contribution >= 4 is 11.6 Å². The highest BCUT2D eigenvalue weighted by Gasteiger charge is 2.04. The molecule has 0 saturated heterocycles. The van der Waals surface area contributed by atoms with Crippen molar-refractivity contribution in [3.8, 4) is 17.2 Å². The molecule has 0 bridgehead atoms. The minimum absolute atomic E-state index is 0.0285. The summed E-state index contributed by atoms with van der Waals surface area (Å²) in [5.74, 6) is 2.31. The van der Waals surface area contributed by atoms with Crippen LogP contribution in [-0.2, 0) is 4.79 Å². The molecule has 0 aromatic heterocycles. The van der Waals surface area contributed by atoms with Crippen molar-refractivity contribution in [3.05, 3.63) is 84.4 Å². The Balaban J connectivity index is 1.39. The van der Waals surface area contributed by atoms with Gasteiger partial charge in [-0.05, 0) is 61.9 Å². The molecule has 0 aliphatic heterocycles. The molecule has 0 aliphatic rings. The molecule has 3 aromatic rings. The van der Waals surface area contributed by atoms with Crippen LogP contribution in [0.15, 0.2) is 78.9 Å². The van der Waals surface area contributed by atoms with Crippen LogP contribution in [0.25, 0.3) is 0 Å². The van der Waals surface area contributed by atoms with Gasteiger partial charge < -0.3 is 14.8 Å². The normalized spacial score (nSPS) is 10.3. The third-order valence-electron chi connectivity index (χ3n) is 3.95. The second kappa shape index (κ2) is 9.43. The predicted molar refractivity (Wildman–Crippen MR) is 107 cm³/mol. The Labute approximate surface area is 159 Å². The highest BCUT2D eigenvalue weighted by atomic mass is 16.5. The molecule has 4 nitrogen and oxygen atoms in total. The number of benzene rings is 3. The van der Waals surface area contributed by atoms with Crippen LogP contribution < -0.4 is 14.8 Å². The molecule has 0 aliphatic carbocycles. The standard InChI is InChI=1S/C23H23NO3/c1-18-9-13-20(14-10-18)26-17-5-8-23(25)24-19-11-15-22(16-12-19)27-21-6-3-2-4-7-21/h2-4,6-7,9-16H,5,8,17H2,1H3,(H,24,25). The van der Waals surface area contributed by atoms with Crippen LogP contribution in [0.3, 0.4) is 0 Å². The number of rotatable bonds is 8. The zero-order valence-electron chi connectivity index (χ0n) is 15.4. The maximum atomic E-state index is 12.0. The molecule has 0 fully saturated rings. The summed E-state index contributed by atoms with van der Waals surface area (Å²) in [6, 6.07) is 24.8. The molecule has 0 unspecified atom stereocenters. The molecule has 0 atom stereocenters. The molecule has 0 heterocycles. The van der Waals surface area contributed by atoms with Gasteiger partial charge in [0, 0.05) is 12.1 Å². The monoisotopic (exact) mass is 361 g/mol. The fraction of sp³-hybridized carbons (Fsp3) is 0.174. The molecular weight excluding hydrogens is 338 g/mol. The number of carbonyl (C=O) groups is 1. The SMILES string of the molecule is Cc1ccc(OCCCC(=O)Nc2ccc(Oc3ccccc3)cc2)cc1. The highest BCUT2D eigenvalue weighted by Crippen LogP contribution is 2.22. The van der Waals surface area contributed by atoms with Crippen molar-refractivity contribution in [1.29, 1.82) is 0 Å². The van der Waals surface area contributed by atoms with Crippen molar-refractivity contribution in [2.24, 2.45) is 0 Å². The topological polar surface area (TPSA) is 47.6 Å². The summed E-state index contributed by atoms with van der Waals surface area (Å²) in [6.07, 6.45) is 1.07. The van der Waals surface area contributed by atoms with E-state index < -0.39 is 0 Å². The van der Waals surface area contributed by atoms with Gasteiger partial charge >= 0.3 is 0 Å². The van der Waals surface area contributed by atoms with Gasteiger partial charge in [0.15, 0.2) is 0 Å². The lowest BCUT2D eigenvalue weighted by molar-refractivity contribution is -0.116. The first-order valence-corrected chi connectivity index (χ1v) is 9.01. The van der Waals surface area contributed by atoms with Gasteiger partial charge in [0.25, 0.3) is 0 Å². The van der Waals surface area contributed by atoms with Crippen LogP contribution >= 0.6 is 0 Å². The summed E-state index contributed by atoms with van der Waals surface area (Å²) in [6.45, 7) is 2.55. The molecule has 4 heteroatoms. The third kappa shape index (κ3) is 6.19. The van der Waals surface area contributed by atoms with E-state index in [1.54, 1.807) is 0 Å². The first-order valence-electron chi connectivity index (χ1n) is 9.01. The Morgan fingerprint density at radius 2 is 1.44 bits per heavy atom. The smallest absolute Gasteiger partial charge is 0.224 e. The Morgan fingerprint density at radius 3 is 2.15 bits per heavy atom. The van der Waals surface area contributed by atoms with Gasteiger partial charge in [-0.1, -0.05) is 35.9 Å². The van der Waals surface area contributed by atoms with Gasteiger partial charge in [0.1, 0.15) is 17.2 Å². The number of carbonyl (C=O) groups excluding carboxylic acids is 1. The Morgan fingerprint density at radius 1 is 0.815 bits per heavy atom. The number of para-hydroxylation sites is 1. The summed E-state index contributed by atoms with van der Waals surface area (Å²) in [5.41, 5.74) is 1.95. The molecule has 138 valence electrons. The van der Waals surface area contributed by atoms with Crippen LogP contribution in [0.4, 0.5) is 5.69 Å². The van der Waals surface area contributed by atoms with Crippen molar-refractivity contribution in [1.82, 2.24) is 0 Å². The highest BCUT2D eigenvalue weighted by molar-refractivity contribution is 5.90. The summed E-state index contributed by atoms with van der Waals surface area (Å²) >= 11 is 0. The van der Waals surface area contributed by atoms with E-state index in [0.717, 1.165) is 22.9 Å². The summed E-state index contributed by atoms with van der Waals surface area (Å²) in [5, 5.41) is 2.89. The number of nitrogens with one attached hydrogen (secondary N) is 1. The number of ether oxygens (including phenoxy) is 2. The summed E-state index contributed by atoms with van der Waals surface area (Å²) in [4.78, 5) is 12.0. The van der Waals surface area contributed by atoms with E-state index in [-0.39, 0.29) is 5.91 Å². The van der Waals surface area contributed by atoms with Gasteiger partial charge in [-0.3, -0.25) is 4.79 Å². The third-order valence-corrected chi connectivity index (χ3v) is 3.95. The predicted octanol–water partition coefficient (Wildman–Crippen LogP) is 5.59. The number of amides is 1. The van der Waals surface area contributed by atoms with E-state index >= 15 is 0 Å². The number of hydrogen-bond donors (Lipinski definition) is 1. The van der Waals surface area contributed by atoms with E-state index in [1.807, 2.05) is 85.8 Å². The fourth-order valence-corrected chi connectivity index (χ4v) is 2.51. The van der Waals surface area contributed by atoms with E-state index in [2.05, 4.69) is 5.32 Å². The average Bonchev–Trinajstić information content (AvgIpc) is 2.69. The van der Waals surface area contributed by atoms with E-state index in [0.29, 0.717) is 19.4 Å². The fourth-order valence-electron chi connectivity index (χ4n) is 2.51. The van der Waals surface area contributed by atoms with Gasteiger partial charge in [0.2, 0.25) is 5.91 Å². The second-order valence-electron chi connectivity index (χ2n) is 6.25. The van der Waals surface area contributed by atoms with Gasteiger partial charge in [0.05, 0.1) is 6.61 Å². The Bertz CT molecular complexity index is 843. The van der Waals surface area contributed by atoms with Crippen LogP contribution in [0, 0.1) is 6.92 Å². The first kappa shape index (κ1) is 18.5. The van der Waals surface area contributed by atoms with E-state index in [4.69, 9.17) is 9.47 Å². The van der Waals surface area contributed by atoms with E-state index in [1.165, 1.54) is 5.56 Å². The minimum atomic E-state index is -0.0285. The Kier molecular flexibility index (Phi) is 6.47. The number of hydrogen-bond acceptors (Lipinski definition) is 3. The largest absolute Gasteiger partial charge is 0.494 e. The first-order chi connectivity index (χ1) is 13.2. The molecule has 3 aromatic carbocycles. The second-order valence-corrected chi connectivity index (χ2v) is 6.25. The van der Waals surface area contributed by atoms with Crippen LogP contribution in [0.5, 0.6) is 17.2 Å². The molecule has 1 amide bonds. The molecular formula is C23H23NO3. The molecule has 3 rings (SSSR count). The molecule has 0 saturated carbocycles. The van der Waals surface area contributed by atoms with E-state index in [9.17, 15) is 4.79 Å². The average molecular weight is 361 g/mol. The summed E-state index contributed by atoms with van der Waals surface area (Å²) in [7, 11) is 0. The molecule has 0 radical (unpaired) electrons. The molecule has 1 N–H and O–H groups in total. The van der Waals surface area contributed by atoms with Crippen molar-refractivity contribution < 1.29 is 14.3 Å². The Hall–Kier alpha value is -3.27. The van der Waals surface area contributed by atoms with Crippen LogP contribution in [-0.4, -0.2) is 12.5 Å². The van der Waals surface area contributed by atoms with Crippen molar-refractivity contribution in [2.75, 3.05) is 11.9 Å². The van der Waals surface area contributed by atoms with Gasteiger partial charge in [-0.2, -0.15) is 0 Å². The maximum absolute atomic E-state index is 12.0. The lowest BCUT2D eigenvalue weighted by Crippen LogP contribution is -2.12. The zero-order valence-corrected chi connectivity index (χ0v) is 15.4. The minimum Gasteiger partial charge on any atom is -0.494 e. The summed E-state index contributed by atoms with van der Waals surface area (Å²) < 4.78 is 11.4. The number of aryl methyl sites for hydroxylation is 1. The molecule has 27 heavy (non-hydrogen) atoms. The van der Waals surface area contributed by atoms with Crippen LogP contribution in [0.1, 0.15) is 18.4 Å². The maximum Gasteiger partial charge on any atom is 0.224 e. The van der Waals surface area contributed by atoms with Crippen LogP contribution in [0.2, 0.25) is 0 Å². The van der Waals surface area contributed by atoms with Gasteiger partial charge in [-0.25, -0.2) is 0 Å². The zero-order chi connectivity index (χ0) is 18.9. The number of anilines is 1. The lowest BCUT2D eigenvalue weighted by Gasteiger charge is -2.09. The quantitative estimate of drug-likeness (QED) is 0.532. The van der Waals surface area contributed by atoms with Gasteiger partial charge in [-0.15, -0.1) is 0 Å². The molecule has 0 spiro atoms. The van der Waals surface area contributed by atoms with Crippen molar-refractivity contribution in [2.45, 2.75) is 19.8 Å².